The molecule has 0 aliphatic heterocycles. The minimum absolute atomic E-state index is 0. The molecule has 0 rings (SSSR count). The van der Waals surface area contributed by atoms with E-state index in [2.05, 4.69) is 31.9 Å². The fraction of sp³-hybridized carbons (Fsp3) is 0.500. The number of hydrogen-bond donors (Lipinski definition) is 0. The Morgan fingerprint density at radius 3 is 1.67 bits per heavy atom. The van der Waals surface area contributed by atoms with Crippen LogP contribution in [0.25, 0.3) is 0 Å². The normalized spacial score (nSPS) is 7.17. The molecule has 0 saturated carbocycles. The molecule has 0 fully saturated rings. The molecule has 0 amide bonds. The Kier molecular flexibility index (Phi) is 9.11. The molecule has 0 saturated heterocycles. The number of carbonyl (C=O) groups is 1. The highest BCUT2D eigenvalue weighted by Gasteiger charge is 1.85. The van der Waals surface area contributed by atoms with Crippen LogP contribution in [-0.4, -0.2) is 15.5 Å². The third-order valence-electron chi connectivity index (χ3n) is 0.103. The van der Waals surface area contributed by atoms with Crippen LogP contribution in [0.5, 0.6) is 0 Å². The van der Waals surface area contributed by atoms with Crippen molar-refractivity contribution in [1.29, 1.82) is 0 Å². The lowest BCUT2D eigenvalue weighted by Crippen LogP contribution is -1.79. The van der Waals surface area contributed by atoms with Crippen LogP contribution in [0.15, 0.2) is 0 Å². The van der Waals surface area contributed by atoms with Gasteiger partial charge >= 0.3 is 0 Å². The topological polar surface area (TPSA) is 48.6 Å². The van der Waals surface area contributed by atoms with Gasteiger partial charge in [-0.15, -0.1) is 0 Å². The van der Waals surface area contributed by atoms with Crippen molar-refractivity contribution in [3.8, 4) is 0 Å². The highest BCUT2D eigenvalue weighted by atomic mass is 79.9. The quantitative estimate of drug-likeness (QED) is 0.468. The molecule has 0 aromatic rings. The van der Waals surface area contributed by atoms with E-state index in [1.54, 1.807) is 0 Å². The van der Waals surface area contributed by atoms with Gasteiger partial charge in [-0.3, -0.25) is 0 Å². The van der Waals surface area contributed by atoms with Gasteiger partial charge in [-0.25, -0.2) is 0 Å². The summed E-state index contributed by atoms with van der Waals surface area (Å²) in [6.45, 7) is 0. The summed E-state index contributed by atoms with van der Waals surface area (Å²) in [4.78, 5) is 9.41. The van der Waals surface area contributed by atoms with Crippen molar-refractivity contribution in [1.82, 2.24) is 0 Å². The van der Waals surface area contributed by atoms with Crippen molar-refractivity contribution < 1.29 is 10.3 Å². The van der Waals surface area contributed by atoms with Crippen LogP contribution in [0.3, 0.4) is 0 Å². The SMILES string of the molecule is O.O=CC(Br)Br. The highest BCUT2D eigenvalue weighted by Crippen LogP contribution is 2.01. The molecule has 4 heteroatoms. The number of carbonyl (C=O) groups excluding carboxylic acids is 1. The van der Waals surface area contributed by atoms with Crippen LogP contribution in [0.2, 0.25) is 0 Å². The molecule has 0 atom stereocenters. The van der Waals surface area contributed by atoms with Gasteiger partial charge in [0.15, 0.2) is 0 Å². The average Bonchev–Trinajstić information content (AvgIpc) is 1.38. The highest BCUT2D eigenvalue weighted by molar-refractivity contribution is 9.25. The van der Waals surface area contributed by atoms with E-state index in [1.807, 2.05) is 0 Å². The maximum atomic E-state index is 9.41. The van der Waals surface area contributed by atoms with E-state index in [0.717, 1.165) is 6.29 Å². The molecule has 0 aromatic heterocycles. The molecule has 2 N–H and O–H groups in total. The first-order chi connectivity index (χ1) is 2.27. The van der Waals surface area contributed by atoms with Crippen LogP contribution in [0.1, 0.15) is 0 Å². The van der Waals surface area contributed by atoms with E-state index in [9.17, 15) is 4.79 Å². The third-order valence-corrected chi connectivity index (χ3v) is 0.535. The van der Waals surface area contributed by atoms with Crippen molar-refractivity contribution in [2.24, 2.45) is 0 Å². The molecule has 0 unspecified atom stereocenters. The lowest BCUT2D eigenvalue weighted by molar-refractivity contribution is -0.106. The van der Waals surface area contributed by atoms with E-state index in [0.29, 0.717) is 0 Å². The van der Waals surface area contributed by atoms with Crippen LogP contribution in [0, 0.1) is 0 Å². The Morgan fingerprint density at radius 2 is 1.67 bits per heavy atom. The zero-order chi connectivity index (χ0) is 4.28. The van der Waals surface area contributed by atoms with Gasteiger partial charge in [0.25, 0.3) is 0 Å². The molecule has 0 aliphatic carbocycles. The number of rotatable bonds is 1. The molecule has 0 radical (unpaired) electrons. The van der Waals surface area contributed by atoms with E-state index in [4.69, 9.17) is 0 Å². The molecule has 6 heavy (non-hydrogen) atoms. The van der Waals surface area contributed by atoms with Gasteiger partial charge in [-0.05, 0) is 0 Å². The number of aldehydes is 1. The number of halogens is 2. The Balaban J connectivity index is 0. The van der Waals surface area contributed by atoms with Gasteiger partial charge in [-0.1, -0.05) is 31.9 Å². The summed E-state index contributed by atoms with van der Waals surface area (Å²) in [5.74, 6) is 0. The van der Waals surface area contributed by atoms with E-state index < -0.39 is 0 Å². The van der Waals surface area contributed by atoms with Crippen molar-refractivity contribution in [3.05, 3.63) is 0 Å². The Hall–Kier alpha value is 0.590. The molecule has 2 nitrogen and oxygen atoms in total. The average molecular weight is 220 g/mol. The zero-order valence-corrected chi connectivity index (χ0v) is 5.99. The standard InChI is InChI=1S/C2H2Br2O.H2O/c3-2(4)1-5;/h1-2H;1H2. The predicted molar refractivity (Wildman–Crippen MR) is 31.3 cm³/mol. The first kappa shape index (κ1) is 9.77. The first-order valence-corrected chi connectivity index (χ1v) is 2.84. The molecular formula is C2H4Br2O2. The van der Waals surface area contributed by atoms with E-state index in [1.165, 1.54) is 0 Å². The fourth-order valence-electron chi connectivity index (χ4n) is 0. The van der Waals surface area contributed by atoms with Crippen LogP contribution in [0.4, 0.5) is 0 Å². The van der Waals surface area contributed by atoms with E-state index in [-0.39, 0.29) is 9.21 Å². The minimum atomic E-state index is -0.171. The smallest absolute Gasteiger partial charge is 0.144 e. The van der Waals surface area contributed by atoms with Crippen LogP contribution >= 0.6 is 31.9 Å². The Bertz CT molecular complexity index is 36.5. The Labute approximate surface area is 52.5 Å². The monoisotopic (exact) mass is 218 g/mol. The number of hydrogen-bond acceptors (Lipinski definition) is 1. The second kappa shape index (κ2) is 5.59. The maximum absolute atomic E-state index is 9.41. The number of alkyl halides is 2. The molecular weight excluding hydrogens is 216 g/mol. The van der Waals surface area contributed by atoms with Crippen molar-refractivity contribution in [2.45, 2.75) is 3.74 Å². The van der Waals surface area contributed by atoms with Gasteiger partial charge in [-0.2, -0.15) is 0 Å². The molecule has 0 bridgehead atoms. The predicted octanol–water partition coefficient (Wildman–Crippen LogP) is 0.477. The lowest BCUT2D eigenvalue weighted by Gasteiger charge is -1.73. The molecule has 0 heterocycles. The first-order valence-electron chi connectivity index (χ1n) is 1.01. The van der Waals surface area contributed by atoms with Gasteiger partial charge < -0.3 is 10.3 Å². The summed E-state index contributed by atoms with van der Waals surface area (Å²) in [7, 11) is 0. The summed E-state index contributed by atoms with van der Waals surface area (Å²) in [5, 5.41) is 0. The fourth-order valence-corrected chi connectivity index (χ4v) is 0. The third kappa shape index (κ3) is 8.82. The molecule has 0 spiro atoms. The van der Waals surface area contributed by atoms with Gasteiger partial charge in [0.1, 0.15) is 10.0 Å². The minimum Gasteiger partial charge on any atom is -0.412 e. The van der Waals surface area contributed by atoms with Crippen LogP contribution in [-0.2, 0) is 4.79 Å². The van der Waals surface area contributed by atoms with Gasteiger partial charge in [0.05, 0.1) is 0 Å². The zero-order valence-electron chi connectivity index (χ0n) is 2.82. The van der Waals surface area contributed by atoms with Crippen molar-refractivity contribution in [3.63, 3.8) is 0 Å². The maximum Gasteiger partial charge on any atom is 0.144 e. The molecule has 0 aliphatic rings. The summed E-state index contributed by atoms with van der Waals surface area (Å²) in [6.07, 6.45) is 0.750. The Morgan fingerprint density at radius 1 is 1.50 bits per heavy atom. The van der Waals surface area contributed by atoms with Gasteiger partial charge in [0.2, 0.25) is 0 Å². The molecule has 38 valence electrons. The summed E-state index contributed by atoms with van der Waals surface area (Å²) in [6, 6.07) is 0. The van der Waals surface area contributed by atoms with E-state index >= 15 is 0 Å². The summed E-state index contributed by atoms with van der Waals surface area (Å²) in [5.41, 5.74) is 0. The van der Waals surface area contributed by atoms with Crippen molar-refractivity contribution in [2.75, 3.05) is 0 Å². The summed E-state index contributed by atoms with van der Waals surface area (Å²) < 4.78 is -0.171. The van der Waals surface area contributed by atoms with Crippen LogP contribution < -0.4 is 0 Å². The summed E-state index contributed by atoms with van der Waals surface area (Å²) >= 11 is 5.84. The lowest BCUT2D eigenvalue weighted by atomic mass is 10.9. The largest absolute Gasteiger partial charge is 0.412 e. The van der Waals surface area contributed by atoms with Gasteiger partial charge in [0, 0.05) is 0 Å². The second-order valence-corrected chi connectivity index (χ2v) is 3.67. The van der Waals surface area contributed by atoms with Crippen molar-refractivity contribution >= 4 is 38.1 Å². The molecule has 0 aromatic carbocycles. The second-order valence-electron chi connectivity index (χ2n) is 0.471.